The van der Waals surface area contributed by atoms with Crippen molar-refractivity contribution in [1.29, 1.82) is 0 Å². The van der Waals surface area contributed by atoms with Gasteiger partial charge in [0.05, 0.1) is 7.11 Å². The largest absolute Gasteiger partial charge is 0.497 e. The molecule has 0 saturated heterocycles. The molecule has 0 fully saturated rings. The molecular weight excluding hydrogens is 312 g/mol. The van der Waals surface area contributed by atoms with E-state index in [1.54, 1.807) is 11.7 Å². The molecule has 0 saturated carbocycles. The number of ether oxygens (including phenoxy) is 1. The van der Waals surface area contributed by atoms with Crippen LogP contribution in [0.1, 0.15) is 24.7 Å². The number of methoxy groups -OCH3 is 1. The van der Waals surface area contributed by atoms with Gasteiger partial charge in [0, 0.05) is 13.0 Å². The third-order valence-electron chi connectivity index (χ3n) is 3.51. The monoisotopic (exact) mass is 334 g/mol. The Bertz CT molecular complexity index is 691. The summed E-state index contributed by atoms with van der Waals surface area (Å²) in [6, 6.07) is 7.82. The topological polar surface area (TPSA) is 71.9 Å². The maximum absolute atomic E-state index is 12.1. The zero-order valence-corrected chi connectivity index (χ0v) is 14.3. The number of nitrogens with zero attached hydrogens (tertiary/aromatic N) is 2. The predicted molar refractivity (Wildman–Crippen MR) is 91.1 cm³/mol. The molecule has 0 aliphatic carbocycles. The van der Waals surface area contributed by atoms with Crippen molar-refractivity contribution in [2.24, 2.45) is 0 Å². The Morgan fingerprint density at radius 3 is 2.74 bits per heavy atom. The smallest absolute Gasteiger partial charge is 0.240 e. The molecule has 0 aliphatic heterocycles. The molecule has 6 nitrogen and oxygen atoms in total. The van der Waals surface area contributed by atoms with Gasteiger partial charge in [-0.15, -0.1) is 0 Å². The highest BCUT2D eigenvalue weighted by molar-refractivity contribution is 7.71. The van der Waals surface area contributed by atoms with Crippen LogP contribution >= 0.6 is 12.2 Å². The number of benzene rings is 1. The summed E-state index contributed by atoms with van der Waals surface area (Å²) < 4.78 is 7.36. The van der Waals surface area contributed by atoms with Crippen LogP contribution in [0.25, 0.3) is 0 Å². The zero-order chi connectivity index (χ0) is 16.7. The molecule has 2 aromatic rings. The molecule has 0 unspecified atom stereocenters. The quantitative estimate of drug-likeness (QED) is 0.727. The second-order valence-corrected chi connectivity index (χ2v) is 5.62. The molecule has 0 spiro atoms. The van der Waals surface area contributed by atoms with Gasteiger partial charge in [0.25, 0.3) is 0 Å². The van der Waals surface area contributed by atoms with Crippen molar-refractivity contribution in [3.63, 3.8) is 0 Å². The van der Waals surface area contributed by atoms with E-state index < -0.39 is 0 Å². The van der Waals surface area contributed by atoms with Crippen molar-refractivity contribution in [3.8, 4) is 5.75 Å². The number of amides is 1. The van der Waals surface area contributed by atoms with Gasteiger partial charge in [-0.3, -0.25) is 14.5 Å². The molecule has 0 aliphatic rings. The van der Waals surface area contributed by atoms with E-state index in [0.717, 1.165) is 36.4 Å². The molecule has 1 heterocycles. The minimum atomic E-state index is -0.0617. The Kier molecular flexibility index (Phi) is 6.34. The van der Waals surface area contributed by atoms with E-state index in [4.69, 9.17) is 17.0 Å². The number of carbonyl (C=O) groups excluding carboxylic acids is 1. The number of H-pyrrole nitrogens is 1. The van der Waals surface area contributed by atoms with Crippen LogP contribution in [0, 0.1) is 4.77 Å². The molecule has 1 amide bonds. The second kappa shape index (κ2) is 8.47. The van der Waals surface area contributed by atoms with Crippen LogP contribution in [0.2, 0.25) is 0 Å². The van der Waals surface area contributed by atoms with Crippen LogP contribution in [0.15, 0.2) is 24.3 Å². The highest BCUT2D eigenvalue weighted by Gasteiger charge is 2.09. The fourth-order valence-corrected chi connectivity index (χ4v) is 2.48. The summed E-state index contributed by atoms with van der Waals surface area (Å²) in [5, 5.41) is 9.82. The normalized spacial score (nSPS) is 10.5. The van der Waals surface area contributed by atoms with Crippen molar-refractivity contribution in [1.82, 2.24) is 20.1 Å². The second-order valence-electron chi connectivity index (χ2n) is 5.23. The standard InChI is InChI=1S/C16H22N4O2S/c1-3-4-14-18-19-16(23)20(14)11-15(21)17-10-9-12-5-7-13(22-2)8-6-12/h5-8H,3-4,9-11H2,1-2H3,(H,17,21)(H,19,23). The number of aromatic amines is 1. The Hall–Kier alpha value is -2.15. The van der Waals surface area contributed by atoms with Crippen LogP contribution < -0.4 is 10.1 Å². The molecule has 2 rings (SSSR count). The maximum Gasteiger partial charge on any atom is 0.240 e. The molecule has 1 aromatic carbocycles. The van der Waals surface area contributed by atoms with Crippen molar-refractivity contribution < 1.29 is 9.53 Å². The molecule has 23 heavy (non-hydrogen) atoms. The first-order chi connectivity index (χ1) is 11.1. The Labute approximate surface area is 140 Å². The van der Waals surface area contributed by atoms with Crippen LogP contribution in [0.3, 0.4) is 0 Å². The molecule has 124 valence electrons. The Morgan fingerprint density at radius 2 is 2.09 bits per heavy atom. The van der Waals surface area contributed by atoms with Gasteiger partial charge in [-0.05, 0) is 42.8 Å². The number of rotatable bonds is 8. The fraction of sp³-hybridized carbons (Fsp3) is 0.438. The van der Waals surface area contributed by atoms with Gasteiger partial charge in [-0.25, -0.2) is 0 Å². The van der Waals surface area contributed by atoms with Crippen molar-refractivity contribution >= 4 is 18.1 Å². The summed E-state index contributed by atoms with van der Waals surface area (Å²) in [5.74, 6) is 1.59. The number of hydrogen-bond acceptors (Lipinski definition) is 4. The van der Waals surface area contributed by atoms with Crippen molar-refractivity contribution in [3.05, 3.63) is 40.4 Å². The Morgan fingerprint density at radius 1 is 1.35 bits per heavy atom. The average Bonchev–Trinajstić information content (AvgIpc) is 2.89. The third-order valence-corrected chi connectivity index (χ3v) is 3.82. The first-order valence-corrected chi connectivity index (χ1v) is 8.08. The molecule has 0 bridgehead atoms. The van der Waals surface area contributed by atoms with Gasteiger partial charge in [-0.1, -0.05) is 19.1 Å². The first kappa shape index (κ1) is 17.2. The number of hydrogen-bond donors (Lipinski definition) is 2. The minimum Gasteiger partial charge on any atom is -0.497 e. The molecule has 1 aromatic heterocycles. The molecular formula is C16H22N4O2S. The van der Waals surface area contributed by atoms with Crippen LogP contribution in [-0.2, 0) is 24.2 Å². The van der Waals surface area contributed by atoms with Crippen molar-refractivity contribution in [2.45, 2.75) is 32.7 Å². The summed E-state index contributed by atoms with van der Waals surface area (Å²) in [4.78, 5) is 12.1. The number of carbonyl (C=O) groups is 1. The van der Waals surface area contributed by atoms with Gasteiger partial charge >= 0.3 is 0 Å². The number of nitrogens with one attached hydrogen (secondary N) is 2. The van der Waals surface area contributed by atoms with E-state index in [-0.39, 0.29) is 12.5 Å². The summed E-state index contributed by atoms with van der Waals surface area (Å²) in [7, 11) is 1.64. The lowest BCUT2D eigenvalue weighted by molar-refractivity contribution is -0.121. The van der Waals surface area contributed by atoms with E-state index in [1.165, 1.54) is 0 Å². The van der Waals surface area contributed by atoms with E-state index in [9.17, 15) is 4.79 Å². The van der Waals surface area contributed by atoms with E-state index in [2.05, 4.69) is 22.4 Å². The Balaban J connectivity index is 1.83. The van der Waals surface area contributed by atoms with Gasteiger partial charge < -0.3 is 10.1 Å². The lowest BCUT2D eigenvalue weighted by Crippen LogP contribution is -2.30. The van der Waals surface area contributed by atoms with Gasteiger partial charge in [0.15, 0.2) is 4.77 Å². The lowest BCUT2D eigenvalue weighted by atomic mass is 10.1. The zero-order valence-electron chi connectivity index (χ0n) is 13.5. The first-order valence-electron chi connectivity index (χ1n) is 7.67. The lowest BCUT2D eigenvalue weighted by Gasteiger charge is -2.08. The molecule has 2 N–H and O–H groups in total. The third kappa shape index (κ3) is 4.92. The van der Waals surface area contributed by atoms with Crippen molar-refractivity contribution in [2.75, 3.05) is 13.7 Å². The van der Waals surface area contributed by atoms with Crippen LogP contribution in [0.4, 0.5) is 0 Å². The average molecular weight is 334 g/mol. The number of aryl methyl sites for hydroxylation is 1. The predicted octanol–water partition coefficient (Wildman–Crippen LogP) is 2.26. The fourth-order valence-electron chi connectivity index (χ4n) is 2.27. The van der Waals surface area contributed by atoms with E-state index in [0.29, 0.717) is 11.3 Å². The summed E-state index contributed by atoms with van der Waals surface area (Å²) in [5.41, 5.74) is 1.15. The van der Waals surface area contributed by atoms with Gasteiger partial charge in [-0.2, -0.15) is 5.10 Å². The van der Waals surface area contributed by atoms with Crippen LogP contribution in [-0.4, -0.2) is 34.3 Å². The molecule has 0 radical (unpaired) electrons. The SMILES string of the molecule is CCCc1n[nH]c(=S)n1CC(=O)NCCc1ccc(OC)cc1. The summed E-state index contributed by atoms with van der Waals surface area (Å²) in [6.45, 7) is 2.85. The van der Waals surface area contributed by atoms with Crippen LogP contribution in [0.5, 0.6) is 5.75 Å². The number of aromatic nitrogens is 3. The molecule has 0 atom stereocenters. The van der Waals surface area contributed by atoms with E-state index >= 15 is 0 Å². The maximum atomic E-state index is 12.1. The van der Waals surface area contributed by atoms with Gasteiger partial charge in [0.2, 0.25) is 5.91 Å². The summed E-state index contributed by atoms with van der Waals surface area (Å²) in [6.07, 6.45) is 2.53. The highest BCUT2D eigenvalue weighted by Crippen LogP contribution is 2.11. The molecule has 7 heteroatoms. The summed E-state index contributed by atoms with van der Waals surface area (Å²) >= 11 is 5.17. The highest BCUT2D eigenvalue weighted by atomic mass is 32.1. The minimum absolute atomic E-state index is 0.0617. The van der Waals surface area contributed by atoms with E-state index in [1.807, 2.05) is 24.3 Å². The van der Waals surface area contributed by atoms with Gasteiger partial charge in [0.1, 0.15) is 18.1 Å².